The van der Waals surface area contributed by atoms with Gasteiger partial charge >= 0.3 is 0 Å². The van der Waals surface area contributed by atoms with Crippen LogP contribution in [0.25, 0.3) is 0 Å². The first-order valence-electron chi connectivity index (χ1n) is 5.51. The summed E-state index contributed by atoms with van der Waals surface area (Å²) in [7, 11) is 1.52. The Labute approximate surface area is 118 Å². The molecule has 0 aliphatic heterocycles. The number of halogens is 2. The van der Waals surface area contributed by atoms with Gasteiger partial charge in [0.2, 0.25) is 0 Å². The average Bonchev–Trinajstić information content (AvgIpc) is 2.42. The van der Waals surface area contributed by atoms with E-state index in [0.717, 1.165) is 0 Å². The lowest BCUT2D eigenvalue weighted by molar-refractivity contribution is 0.102. The van der Waals surface area contributed by atoms with E-state index >= 15 is 0 Å². The number of amides is 1. The van der Waals surface area contributed by atoms with Crippen LogP contribution >= 0.6 is 15.9 Å². The molecule has 2 aromatic carbocycles. The van der Waals surface area contributed by atoms with Crippen molar-refractivity contribution in [3.05, 3.63) is 58.3 Å². The maximum atomic E-state index is 13.4. The highest BCUT2D eigenvalue weighted by atomic mass is 79.9. The minimum absolute atomic E-state index is 0.242. The van der Waals surface area contributed by atoms with Crippen LogP contribution in [-0.4, -0.2) is 13.0 Å². The highest BCUT2D eigenvalue weighted by Crippen LogP contribution is 2.24. The molecule has 19 heavy (non-hydrogen) atoms. The second-order valence-corrected chi connectivity index (χ2v) is 4.64. The minimum Gasteiger partial charge on any atom is -0.495 e. The molecule has 98 valence electrons. The molecule has 0 unspecified atom stereocenters. The first-order valence-corrected chi connectivity index (χ1v) is 6.30. The predicted octanol–water partition coefficient (Wildman–Crippen LogP) is 3.85. The van der Waals surface area contributed by atoms with E-state index in [1.165, 1.54) is 25.3 Å². The van der Waals surface area contributed by atoms with Gasteiger partial charge < -0.3 is 10.1 Å². The van der Waals surface area contributed by atoms with Gasteiger partial charge in [-0.2, -0.15) is 0 Å². The standard InChI is InChI=1S/C14H11BrFNO2/c1-19-13-5-3-2-4-12(13)17-14(18)9-6-7-10(15)11(16)8-9/h2-8H,1H3,(H,17,18). The second kappa shape index (κ2) is 5.84. The lowest BCUT2D eigenvalue weighted by atomic mass is 10.2. The molecule has 0 fully saturated rings. The van der Waals surface area contributed by atoms with Crippen molar-refractivity contribution in [2.24, 2.45) is 0 Å². The molecule has 2 aromatic rings. The van der Waals surface area contributed by atoms with E-state index in [1.807, 2.05) is 0 Å². The third kappa shape index (κ3) is 3.12. The summed E-state index contributed by atoms with van der Waals surface area (Å²) < 4.78 is 18.8. The summed E-state index contributed by atoms with van der Waals surface area (Å²) in [5.41, 5.74) is 0.782. The Bertz CT molecular complexity index is 616. The quantitative estimate of drug-likeness (QED) is 0.931. The Morgan fingerprint density at radius 3 is 2.68 bits per heavy atom. The van der Waals surface area contributed by atoms with Crippen LogP contribution in [-0.2, 0) is 0 Å². The van der Waals surface area contributed by atoms with Crippen molar-refractivity contribution in [2.75, 3.05) is 12.4 Å². The molecule has 0 atom stereocenters. The molecular formula is C14H11BrFNO2. The molecule has 0 heterocycles. The molecule has 3 nitrogen and oxygen atoms in total. The lowest BCUT2D eigenvalue weighted by Crippen LogP contribution is -2.12. The van der Waals surface area contributed by atoms with Crippen LogP contribution in [0.1, 0.15) is 10.4 Å². The molecule has 0 aliphatic carbocycles. The summed E-state index contributed by atoms with van der Waals surface area (Å²) >= 11 is 3.04. The van der Waals surface area contributed by atoms with Gasteiger partial charge in [0, 0.05) is 5.56 Å². The van der Waals surface area contributed by atoms with Crippen molar-refractivity contribution in [1.82, 2.24) is 0 Å². The summed E-state index contributed by atoms with van der Waals surface area (Å²) in [6, 6.07) is 11.2. The number of para-hydroxylation sites is 2. The van der Waals surface area contributed by atoms with Gasteiger partial charge in [0.05, 0.1) is 17.3 Å². The Morgan fingerprint density at radius 1 is 1.26 bits per heavy atom. The smallest absolute Gasteiger partial charge is 0.255 e. The number of methoxy groups -OCH3 is 1. The van der Waals surface area contributed by atoms with Crippen molar-refractivity contribution in [1.29, 1.82) is 0 Å². The Balaban J connectivity index is 2.23. The van der Waals surface area contributed by atoms with Gasteiger partial charge in [0.15, 0.2) is 0 Å². The summed E-state index contributed by atoms with van der Waals surface area (Å²) in [4.78, 5) is 12.0. The van der Waals surface area contributed by atoms with E-state index in [-0.39, 0.29) is 5.56 Å². The molecule has 0 aromatic heterocycles. The van der Waals surface area contributed by atoms with E-state index in [0.29, 0.717) is 15.9 Å². The number of hydrogen-bond donors (Lipinski definition) is 1. The normalized spacial score (nSPS) is 10.1. The monoisotopic (exact) mass is 323 g/mol. The topological polar surface area (TPSA) is 38.3 Å². The number of carbonyl (C=O) groups excluding carboxylic acids is 1. The van der Waals surface area contributed by atoms with Crippen LogP contribution in [0.5, 0.6) is 5.75 Å². The molecule has 0 saturated heterocycles. The van der Waals surface area contributed by atoms with Crippen LogP contribution < -0.4 is 10.1 Å². The Morgan fingerprint density at radius 2 is 2.00 bits per heavy atom. The SMILES string of the molecule is COc1ccccc1NC(=O)c1ccc(Br)c(F)c1. The number of ether oxygens (including phenoxy) is 1. The van der Waals surface area contributed by atoms with Crippen LogP contribution in [0, 0.1) is 5.82 Å². The molecular weight excluding hydrogens is 313 g/mol. The van der Waals surface area contributed by atoms with E-state index in [9.17, 15) is 9.18 Å². The summed E-state index contributed by atoms with van der Waals surface area (Å²) in [6.45, 7) is 0. The number of hydrogen-bond acceptors (Lipinski definition) is 2. The zero-order valence-corrected chi connectivity index (χ0v) is 11.7. The molecule has 0 radical (unpaired) electrons. The Kier molecular flexibility index (Phi) is 4.16. The molecule has 0 spiro atoms. The van der Waals surface area contributed by atoms with Gasteiger partial charge in [-0.3, -0.25) is 4.79 Å². The molecule has 0 saturated carbocycles. The fraction of sp³-hybridized carbons (Fsp3) is 0.0714. The van der Waals surface area contributed by atoms with Crippen LogP contribution in [0.4, 0.5) is 10.1 Å². The molecule has 1 amide bonds. The van der Waals surface area contributed by atoms with E-state index in [4.69, 9.17) is 4.74 Å². The fourth-order valence-corrected chi connectivity index (χ4v) is 1.83. The fourth-order valence-electron chi connectivity index (χ4n) is 1.58. The van der Waals surface area contributed by atoms with Crippen LogP contribution in [0.3, 0.4) is 0 Å². The van der Waals surface area contributed by atoms with E-state index in [2.05, 4.69) is 21.2 Å². The Hall–Kier alpha value is -1.88. The maximum Gasteiger partial charge on any atom is 0.255 e. The number of carbonyl (C=O) groups is 1. The molecule has 0 bridgehead atoms. The van der Waals surface area contributed by atoms with Gasteiger partial charge in [-0.05, 0) is 46.3 Å². The zero-order chi connectivity index (χ0) is 13.8. The van der Waals surface area contributed by atoms with Gasteiger partial charge in [0.1, 0.15) is 11.6 Å². The van der Waals surface area contributed by atoms with Gasteiger partial charge in [0.25, 0.3) is 5.91 Å². The molecule has 1 N–H and O–H groups in total. The van der Waals surface area contributed by atoms with Crippen molar-refractivity contribution in [3.63, 3.8) is 0 Å². The number of rotatable bonds is 3. The number of anilines is 1. The summed E-state index contributed by atoms with van der Waals surface area (Å²) in [5.74, 6) is -0.322. The van der Waals surface area contributed by atoms with Gasteiger partial charge in [-0.25, -0.2) is 4.39 Å². The highest BCUT2D eigenvalue weighted by molar-refractivity contribution is 9.10. The summed E-state index contributed by atoms with van der Waals surface area (Å²) in [6.07, 6.45) is 0. The maximum absolute atomic E-state index is 13.4. The second-order valence-electron chi connectivity index (χ2n) is 3.78. The van der Waals surface area contributed by atoms with Crippen LogP contribution in [0.2, 0.25) is 0 Å². The zero-order valence-electron chi connectivity index (χ0n) is 10.1. The first-order chi connectivity index (χ1) is 9.11. The van der Waals surface area contributed by atoms with Crippen molar-refractivity contribution >= 4 is 27.5 Å². The molecule has 0 aliphatic rings. The predicted molar refractivity (Wildman–Crippen MR) is 75.0 cm³/mol. The third-order valence-electron chi connectivity index (χ3n) is 2.54. The van der Waals surface area contributed by atoms with Crippen LogP contribution in [0.15, 0.2) is 46.9 Å². The number of benzene rings is 2. The third-order valence-corrected chi connectivity index (χ3v) is 3.18. The minimum atomic E-state index is -0.479. The molecule has 5 heteroatoms. The van der Waals surface area contributed by atoms with Gasteiger partial charge in [-0.1, -0.05) is 12.1 Å². The van der Waals surface area contributed by atoms with Gasteiger partial charge in [-0.15, -0.1) is 0 Å². The lowest BCUT2D eigenvalue weighted by Gasteiger charge is -2.10. The largest absolute Gasteiger partial charge is 0.495 e. The summed E-state index contributed by atoms with van der Waals surface area (Å²) in [5, 5.41) is 2.68. The highest BCUT2D eigenvalue weighted by Gasteiger charge is 2.11. The van der Waals surface area contributed by atoms with Crippen molar-refractivity contribution in [2.45, 2.75) is 0 Å². The van der Waals surface area contributed by atoms with E-state index < -0.39 is 11.7 Å². The average molecular weight is 324 g/mol. The molecule has 2 rings (SSSR count). The van der Waals surface area contributed by atoms with E-state index in [1.54, 1.807) is 24.3 Å². The van der Waals surface area contributed by atoms with Crippen molar-refractivity contribution in [3.8, 4) is 5.75 Å². The first kappa shape index (κ1) is 13.5. The van der Waals surface area contributed by atoms with Crippen molar-refractivity contribution < 1.29 is 13.9 Å². The number of nitrogens with one attached hydrogen (secondary N) is 1.